The number of carbonyl (C=O) groups is 2. The summed E-state index contributed by atoms with van der Waals surface area (Å²) in [6.07, 6.45) is 0. The van der Waals surface area contributed by atoms with Crippen LogP contribution < -0.4 is 9.80 Å². The molecule has 0 atom stereocenters. The van der Waals surface area contributed by atoms with Gasteiger partial charge >= 0.3 is 0 Å². The van der Waals surface area contributed by atoms with Crippen molar-refractivity contribution < 1.29 is 22.8 Å². The highest BCUT2D eigenvalue weighted by Gasteiger charge is 2.27. The smallest absolute Gasteiger partial charge is 0.242 e. The van der Waals surface area contributed by atoms with Gasteiger partial charge in [0.2, 0.25) is 11.8 Å². The fraction of sp³-hybridized carbons (Fsp3) is 0.300. The van der Waals surface area contributed by atoms with Crippen molar-refractivity contribution in [3.63, 3.8) is 0 Å². The lowest BCUT2D eigenvalue weighted by molar-refractivity contribution is -0.131. The second kappa shape index (κ2) is 8.33. The first kappa shape index (κ1) is 19.7. The highest BCUT2D eigenvalue weighted by Crippen LogP contribution is 2.24. The van der Waals surface area contributed by atoms with Gasteiger partial charge in [0.05, 0.1) is 5.69 Å². The van der Waals surface area contributed by atoms with Gasteiger partial charge in [-0.15, -0.1) is 0 Å². The Balaban J connectivity index is 1.68. The number of amides is 2. The van der Waals surface area contributed by atoms with Gasteiger partial charge in [0.1, 0.15) is 29.7 Å². The molecular formula is C20H20F3N3O2. The summed E-state index contributed by atoms with van der Waals surface area (Å²) in [6.45, 7) is 2.15. The lowest BCUT2D eigenvalue weighted by atomic mass is 10.2. The molecule has 0 aromatic heterocycles. The first-order valence-electron chi connectivity index (χ1n) is 8.88. The minimum atomic E-state index is -0.910. The quantitative estimate of drug-likeness (QED) is 0.805. The molecule has 2 aromatic rings. The molecule has 2 aromatic carbocycles. The van der Waals surface area contributed by atoms with Gasteiger partial charge in [0.15, 0.2) is 0 Å². The Bertz CT molecular complexity index is 862. The first-order chi connectivity index (χ1) is 13.4. The monoisotopic (exact) mass is 391 g/mol. The topological polar surface area (TPSA) is 43.9 Å². The number of hydrogen-bond donors (Lipinski definition) is 0. The third-order valence-electron chi connectivity index (χ3n) is 4.71. The molecule has 1 fully saturated rings. The Hall–Kier alpha value is -3.03. The number of benzene rings is 2. The molecule has 0 unspecified atom stereocenters. The summed E-state index contributed by atoms with van der Waals surface area (Å²) >= 11 is 0. The molecule has 5 nitrogen and oxygen atoms in total. The van der Waals surface area contributed by atoms with E-state index in [9.17, 15) is 22.8 Å². The van der Waals surface area contributed by atoms with Gasteiger partial charge in [-0.2, -0.15) is 0 Å². The van der Waals surface area contributed by atoms with E-state index in [4.69, 9.17) is 0 Å². The Morgan fingerprint density at radius 2 is 1.46 bits per heavy atom. The van der Waals surface area contributed by atoms with Crippen LogP contribution in [-0.4, -0.2) is 49.4 Å². The highest BCUT2D eigenvalue weighted by molar-refractivity contribution is 5.97. The van der Waals surface area contributed by atoms with Crippen LogP contribution in [0, 0.1) is 17.5 Å². The van der Waals surface area contributed by atoms with E-state index in [2.05, 4.69) is 0 Å². The van der Waals surface area contributed by atoms with Crippen molar-refractivity contribution in [2.75, 3.05) is 42.5 Å². The van der Waals surface area contributed by atoms with E-state index in [1.807, 2.05) is 4.90 Å². The SMILES string of the molecule is CC(=O)N(CC(=O)N1CCN(c2ccccc2F)CC1)c1c(F)cccc1F. The summed E-state index contributed by atoms with van der Waals surface area (Å²) in [6, 6.07) is 9.65. The maximum Gasteiger partial charge on any atom is 0.242 e. The average molecular weight is 391 g/mol. The maximum atomic E-state index is 14.0. The van der Waals surface area contributed by atoms with Crippen molar-refractivity contribution in [3.05, 3.63) is 59.9 Å². The molecule has 0 spiro atoms. The normalized spacial score (nSPS) is 14.1. The number of rotatable bonds is 4. The third-order valence-corrected chi connectivity index (χ3v) is 4.71. The van der Waals surface area contributed by atoms with E-state index in [0.29, 0.717) is 31.9 Å². The Labute approximate surface area is 161 Å². The lowest BCUT2D eigenvalue weighted by Crippen LogP contribution is -2.52. The number of nitrogens with zero attached hydrogens (tertiary/aromatic N) is 3. The van der Waals surface area contributed by atoms with Crippen molar-refractivity contribution >= 4 is 23.2 Å². The van der Waals surface area contributed by atoms with E-state index < -0.39 is 35.7 Å². The minimum Gasteiger partial charge on any atom is -0.366 e. The van der Waals surface area contributed by atoms with Crippen molar-refractivity contribution in [1.29, 1.82) is 0 Å². The molecule has 0 N–H and O–H groups in total. The summed E-state index contributed by atoms with van der Waals surface area (Å²) in [7, 11) is 0. The molecule has 0 saturated carbocycles. The molecule has 3 rings (SSSR count). The summed E-state index contributed by atoms with van der Waals surface area (Å²) < 4.78 is 42.0. The van der Waals surface area contributed by atoms with Crippen LogP contribution in [0.3, 0.4) is 0 Å². The van der Waals surface area contributed by atoms with E-state index in [1.165, 1.54) is 17.0 Å². The molecule has 0 radical (unpaired) electrons. The van der Waals surface area contributed by atoms with Crippen molar-refractivity contribution in [3.8, 4) is 0 Å². The minimum absolute atomic E-state index is 0.318. The fourth-order valence-corrected chi connectivity index (χ4v) is 3.23. The van der Waals surface area contributed by atoms with E-state index >= 15 is 0 Å². The molecule has 2 amide bonds. The zero-order valence-electron chi connectivity index (χ0n) is 15.4. The highest BCUT2D eigenvalue weighted by atomic mass is 19.1. The van der Waals surface area contributed by atoms with Gasteiger partial charge in [-0.05, 0) is 24.3 Å². The van der Waals surface area contributed by atoms with Crippen LogP contribution in [0.1, 0.15) is 6.92 Å². The van der Waals surface area contributed by atoms with Crippen molar-refractivity contribution in [1.82, 2.24) is 4.90 Å². The number of halogens is 3. The molecule has 0 aliphatic carbocycles. The molecule has 0 bridgehead atoms. The molecule has 1 aliphatic heterocycles. The number of anilines is 2. The van der Waals surface area contributed by atoms with Crippen molar-refractivity contribution in [2.24, 2.45) is 0 Å². The predicted molar refractivity (Wildman–Crippen MR) is 99.6 cm³/mol. The summed E-state index contributed by atoms with van der Waals surface area (Å²) in [5.74, 6) is -3.21. The molecule has 1 saturated heterocycles. The van der Waals surface area contributed by atoms with E-state index in [-0.39, 0.29) is 5.82 Å². The van der Waals surface area contributed by atoms with Gasteiger partial charge in [-0.25, -0.2) is 13.2 Å². The standard InChI is InChI=1S/C20H20F3N3O2/c1-14(27)26(20-16(22)6-4-7-17(20)23)13-19(28)25-11-9-24(10-12-25)18-8-3-2-5-15(18)21/h2-8H,9-13H2,1H3. The van der Waals surface area contributed by atoms with Crippen LogP contribution in [0.2, 0.25) is 0 Å². The zero-order chi connectivity index (χ0) is 20.3. The Morgan fingerprint density at radius 1 is 0.893 bits per heavy atom. The zero-order valence-corrected chi connectivity index (χ0v) is 15.4. The van der Waals surface area contributed by atoms with Crippen LogP contribution in [-0.2, 0) is 9.59 Å². The van der Waals surface area contributed by atoms with E-state index in [0.717, 1.165) is 24.0 Å². The van der Waals surface area contributed by atoms with Crippen LogP contribution in [0.25, 0.3) is 0 Å². The first-order valence-corrected chi connectivity index (χ1v) is 8.88. The predicted octanol–water partition coefficient (Wildman–Crippen LogP) is 2.81. The molecule has 28 heavy (non-hydrogen) atoms. The number of hydrogen-bond acceptors (Lipinski definition) is 3. The average Bonchev–Trinajstić information content (AvgIpc) is 2.67. The van der Waals surface area contributed by atoms with Gasteiger partial charge in [0.25, 0.3) is 0 Å². The van der Waals surface area contributed by atoms with Gasteiger partial charge in [-0.3, -0.25) is 14.5 Å². The van der Waals surface area contributed by atoms with Crippen LogP contribution >= 0.6 is 0 Å². The molecule has 1 aliphatic rings. The summed E-state index contributed by atoms with van der Waals surface area (Å²) in [4.78, 5) is 28.7. The second-order valence-corrected chi connectivity index (χ2v) is 6.49. The molecule has 8 heteroatoms. The number of carbonyl (C=O) groups excluding carboxylic acids is 2. The number of para-hydroxylation sites is 2. The van der Waals surface area contributed by atoms with Gasteiger partial charge in [0, 0.05) is 33.1 Å². The Morgan fingerprint density at radius 3 is 2.04 bits per heavy atom. The van der Waals surface area contributed by atoms with Crippen molar-refractivity contribution in [2.45, 2.75) is 6.92 Å². The summed E-state index contributed by atoms with van der Waals surface area (Å²) in [5.41, 5.74) is -0.0678. The molecular weight excluding hydrogens is 371 g/mol. The number of piperazine rings is 1. The van der Waals surface area contributed by atoms with Gasteiger partial charge in [-0.1, -0.05) is 18.2 Å². The molecule has 148 valence electrons. The Kier molecular flexibility index (Phi) is 5.87. The largest absolute Gasteiger partial charge is 0.366 e. The second-order valence-electron chi connectivity index (χ2n) is 6.49. The maximum absolute atomic E-state index is 14.0. The third kappa shape index (κ3) is 4.11. The molecule has 1 heterocycles. The fourth-order valence-electron chi connectivity index (χ4n) is 3.23. The lowest BCUT2D eigenvalue weighted by Gasteiger charge is -2.37. The van der Waals surface area contributed by atoms with Crippen LogP contribution in [0.5, 0.6) is 0 Å². The summed E-state index contributed by atoms with van der Waals surface area (Å²) in [5, 5.41) is 0. The van der Waals surface area contributed by atoms with Crippen LogP contribution in [0.15, 0.2) is 42.5 Å². The van der Waals surface area contributed by atoms with Gasteiger partial charge < -0.3 is 9.80 Å². The van der Waals surface area contributed by atoms with Crippen LogP contribution in [0.4, 0.5) is 24.5 Å². The van der Waals surface area contributed by atoms with E-state index in [1.54, 1.807) is 18.2 Å².